The van der Waals surface area contributed by atoms with Crippen molar-refractivity contribution in [3.8, 4) is 5.75 Å². The third-order valence-corrected chi connectivity index (χ3v) is 7.03. The summed E-state index contributed by atoms with van der Waals surface area (Å²) in [5.74, 6) is -0.830. The number of pyridine rings is 1. The molecule has 37 heavy (non-hydrogen) atoms. The number of rotatable bonds is 5. The van der Waals surface area contributed by atoms with E-state index in [1.807, 2.05) is 6.92 Å². The van der Waals surface area contributed by atoms with Crippen LogP contribution in [0, 0.1) is 0 Å². The number of alkyl halides is 2. The van der Waals surface area contributed by atoms with E-state index in [2.05, 4.69) is 15.6 Å². The molecule has 1 atom stereocenters. The molecule has 2 aliphatic rings. The van der Waals surface area contributed by atoms with Gasteiger partial charge in [0.2, 0.25) is 5.91 Å². The monoisotopic (exact) mass is 511 g/mol. The van der Waals surface area contributed by atoms with E-state index in [4.69, 9.17) is 4.74 Å². The Kier molecular flexibility index (Phi) is 6.53. The van der Waals surface area contributed by atoms with Crippen molar-refractivity contribution < 1.29 is 27.9 Å². The van der Waals surface area contributed by atoms with E-state index in [-0.39, 0.29) is 40.9 Å². The molecule has 1 fully saturated rings. The molecule has 11 heteroatoms. The van der Waals surface area contributed by atoms with Gasteiger partial charge in [-0.3, -0.25) is 14.4 Å². The summed E-state index contributed by atoms with van der Waals surface area (Å²) in [6.07, 6.45) is 1.42. The summed E-state index contributed by atoms with van der Waals surface area (Å²) in [7, 11) is 0. The zero-order valence-corrected chi connectivity index (χ0v) is 20.5. The molecular weight excluding hydrogens is 484 g/mol. The summed E-state index contributed by atoms with van der Waals surface area (Å²) >= 11 is 0. The van der Waals surface area contributed by atoms with Crippen LogP contribution >= 0.6 is 0 Å². The molecular formula is C26H27F2N5O4. The fraction of sp³-hybridized carbons (Fsp3) is 0.385. The minimum Gasteiger partial charge on any atom is -0.433 e. The topological polar surface area (TPSA) is 106 Å². The largest absolute Gasteiger partial charge is 0.433 e. The molecule has 3 amide bonds. The average molecular weight is 512 g/mol. The van der Waals surface area contributed by atoms with Crippen molar-refractivity contribution in [2.75, 3.05) is 25.0 Å². The first-order valence-electron chi connectivity index (χ1n) is 12.2. The predicted octanol–water partition coefficient (Wildman–Crippen LogP) is 3.92. The van der Waals surface area contributed by atoms with Crippen molar-refractivity contribution in [2.45, 2.75) is 45.3 Å². The Balaban J connectivity index is 1.39. The number of carbonyl (C=O) groups is 3. The number of hydrogen-bond donors (Lipinski definition) is 2. The highest BCUT2D eigenvalue weighted by Gasteiger charge is 2.27. The first-order chi connectivity index (χ1) is 17.7. The van der Waals surface area contributed by atoms with Crippen molar-refractivity contribution in [2.24, 2.45) is 0 Å². The highest BCUT2D eigenvalue weighted by atomic mass is 19.3. The van der Waals surface area contributed by atoms with Crippen LogP contribution in [0.2, 0.25) is 0 Å². The molecule has 1 aromatic carbocycles. The number of aromatic nitrogens is 2. The minimum atomic E-state index is -3.07. The van der Waals surface area contributed by atoms with Crippen molar-refractivity contribution in [3.63, 3.8) is 0 Å². The highest BCUT2D eigenvalue weighted by molar-refractivity contribution is 6.05. The van der Waals surface area contributed by atoms with E-state index in [1.165, 1.54) is 19.1 Å². The van der Waals surface area contributed by atoms with Gasteiger partial charge in [0.25, 0.3) is 11.8 Å². The third kappa shape index (κ3) is 4.85. The second kappa shape index (κ2) is 9.79. The lowest BCUT2D eigenvalue weighted by Gasteiger charge is -2.31. The number of amides is 3. The van der Waals surface area contributed by atoms with E-state index in [0.29, 0.717) is 43.8 Å². The summed E-state index contributed by atoms with van der Waals surface area (Å²) < 4.78 is 33.0. The van der Waals surface area contributed by atoms with Crippen LogP contribution in [0.25, 0.3) is 11.0 Å². The number of nitrogens with one attached hydrogen (secondary N) is 2. The smallest absolute Gasteiger partial charge is 0.387 e. The Morgan fingerprint density at radius 1 is 1.16 bits per heavy atom. The Hall–Kier alpha value is -4.02. The van der Waals surface area contributed by atoms with Gasteiger partial charge in [0.05, 0.1) is 11.7 Å². The molecule has 0 spiro atoms. The first-order valence-corrected chi connectivity index (χ1v) is 12.2. The van der Waals surface area contributed by atoms with Gasteiger partial charge in [-0.15, -0.1) is 0 Å². The van der Waals surface area contributed by atoms with Gasteiger partial charge in [0.1, 0.15) is 22.8 Å². The van der Waals surface area contributed by atoms with Crippen LogP contribution in [0.3, 0.4) is 0 Å². The molecule has 2 aliphatic heterocycles. The number of likely N-dealkylation sites (tertiary alicyclic amines) is 1. The fourth-order valence-electron chi connectivity index (χ4n) is 5.07. The molecule has 0 aliphatic carbocycles. The maximum atomic E-state index is 13.2. The van der Waals surface area contributed by atoms with Crippen LogP contribution in [0.4, 0.5) is 14.5 Å². The van der Waals surface area contributed by atoms with Crippen LogP contribution in [0.15, 0.2) is 36.4 Å². The summed E-state index contributed by atoms with van der Waals surface area (Å²) in [6, 6.07) is 9.76. The predicted molar refractivity (Wildman–Crippen MR) is 132 cm³/mol. The molecule has 2 aromatic heterocycles. The van der Waals surface area contributed by atoms with Gasteiger partial charge in [-0.05, 0) is 61.6 Å². The lowest BCUT2D eigenvalue weighted by molar-refractivity contribution is -0.129. The second-order valence-corrected chi connectivity index (χ2v) is 9.44. The Bertz CT molecular complexity index is 1380. The van der Waals surface area contributed by atoms with Crippen molar-refractivity contribution in [1.82, 2.24) is 19.8 Å². The van der Waals surface area contributed by atoms with Crippen LogP contribution < -0.4 is 15.4 Å². The maximum absolute atomic E-state index is 13.2. The Morgan fingerprint density at radius 3 is 2.62 bits per heavy atom. The van der Waals surface area contributed by atoms with Crippen LogP contribution in [0.1, 0.15) is 65.2 Å². The molecule has 4 heterocycles. The molecule has 2 N–H and O–H groups in total. The van der Waals surface area contributed by atoms with Crippen LogP contribution in [-0.4, -0.2) is 58.4 Å². The SMILES string of the molecule is CC(=O)N1CCC(c2ccc(NC(=O)c3ccc4cc5n(c4n3)[C@H](C)CNC5=O)c(OC(F)F)c2)CC1. The third-order valence-electron chi connectivity index (χ3n) is 7.03. The van der Waals surface area contributed by atoms with Gasteiger partial charge in [0.15, 0.2) is 0 Å². The fourth-order valence-corrected chi connectivity index (χ4v) is 5.07. The number of anilines is 1. The second-order valence-electron chi connectivity index (χ2n) is 9.44. The molecule has 0 radical (unpaired) electrons. The molecule has 0 saturated carbocycles. The van der Waals surface area contributed by atoms with Gasteiger partial charge < -0.3 is 24.8 Å². The molecule has 194 valence electrons. The van der Waals surface area contributed by atoms with Crippen LogP contribution in [0.5, 0.6) is 5.75 Å². The quantitative estimate of drug-likeness (QED) is 0.540. The van der Waals surface area contributed by atoms with E-state index >= 15 is 0 Å². The Labute approximate surface area is 211 Å². The highest BCUT2D eigenvalue weighted by Crippen LogP contribution is 2.35. The number of piperidine rings is 1. The number of hydrogen-bond acceptors (Lipinski definition) is 5. The number of carbonyl (C=O) groups excluding carboxylic acids is 3. The van der Waals surface area contributed by atoms with E-state index < -0.39 is 12.5 Å². The summed E-state index contributed by atoms with van der Waals surface area (Å²) in [4.78, 5) is 43.2. The average Bonchev–Trinajstić information content (AvgIpc) is 3.27. The molecule has 5 rings (SSSR count). The van der Waals surface area contributed by atoms with Gasteiger partial charge in [-0.1, -0.05) is 6.07 Å². The van der Waals surface area contributed by atoms with E-state index in [0.717, 1.165) is 10.9 Å². The zero-order valence-electron chi connectivity index (χ0n) is 20.5. The molecule has 0 unspecified atom stereocenters. The number of benzene rings is 1. The van der Waals surface area contributed by atoms with Crippen LogP contribution in [-0.2, 0) is 4.79 Å². The maximum Gasteiger partial charge on any atom is 0.387 e. The summed E-state index contributed by atoms with van der Waals surface area (Å²) in [6.45, 7) is 2.04. The summed E-state index contributed by atoms with van der Waals surface area (Å²) in [5, 5.41) is 6.18. The number of ether oxygens (including phenoxy) is 1. The van der Waals surface area contributed by atoms with Crippen molar-refractivity contribution >= 4 is 34.4 Å². The molecule has 3 aromatic rings. The summed E-state index contributed by atoms with van der Waals surface area (Å²) in [5.41, 5.74) is 1.96. The van der Waals surface area contributed by atoms with Gasteiger partial charge in [-0.2, -0.15) is 8.78 Å². The Morgan fingerprint density at radius 2 is 1.92 bits per heavy atom. The molecule has 1 saturated heterocycles. The number of nitrogens with zero attached hydrogens (tertiary/aromatic N) is 3. The minimum absolute atomic E-state index is 0.0170. The zero-order chi connectivity index (χ0) is 26.3. The lowest BCUT2D eigenvalue weighted by atomic mass is 9.89. The molecule has 0 bridgehead atoms. The van der Waals surface area contributed by atoms with Gasteiger partial charge in [-0.25, -0.2) is 4.98 Å². The lowest BCUT2D eigenvalue weighted by Crippen LogP contribution is -2.37. The first kappa shape index (κ1) is 24.7. The molecule has 9 nitrogen and oxygen atoms in total. The van der Waals surface area contributed by atoms with E-state index in [1.54, 1.807) is 33.7 Å². The van der Waals surface area contributed by atoms with Crippen molar-refractivity contribution in [1.29, 1.82) is 0 Å². The number of halogens is 2. The van der Waals surface area contributed by atoms with E-state index in [9.17, 15) is 23.2 Å². The normalized spacial score (nSPS) is 18.0. The van der Waals surface area contributed by atoms with Gasteiger partial charge in [0, 0.05) is 31.9 Å². The van der Waals surface area contributed by atoms with Crippen molar-refractivity contribution in [3.05, 3.63) is 53.3 Å². The number of fused-ring (bicyclic) bond motifs is 3. The van der Waals surface area contributed by atoms with Gasteiger partial charge >= 0.3 is 6.61 Å². The standard InChI is InChI=1S/C26H27F2N5O4/c1-14-13-29-25(36)21-11-18-4-6-20(30-23(18)33(14)21)24(35)31-19-5-3-17(12-22(19)37-26(27)28)16-7-9-32(10-8-16)15(2)34/h3-6,11-12,14,16,26H,7-10,13H2,1-2H3,(H,29,36)(H,31,35)/t14-/m1/s1.